The summed E-state index contributed by atoms with van der Waals surface area (Å²) in [6.45, 7) is 0. The molecule has 0 saturated carbocycles. The lowest BCUT2D eigenvalue weighted by Crippen LogP contribution is -2.18. The number of hydrogen-bond donors (Lipinski definition) is 1. The first-order chi connectivity index (χ1) is 7.31. The Balaban J connectivity index is 2.25. The van der Waals surface area contributed by atoms with Crippen LogP contribution in [0.1, 0.15) is 5.01 Å². The topological polar surface area (TPSA) is 63.6 Å². The van der Waals surface area contributed by atoms with Crippen molar-refractivity contribution in [2.75, 3.05) is 7.11 Å². The van der Waals surface area contributed by atoms with Gasteiger partial charge in [-0.05, 0) is 6.08 Å². The second kappa shape index (κ2) is 4.45. The molecule has 0 aliphatic carbocycles. The number of methoxy groups -OCH3 is 1. The third-order valence-electron chi connectivity index (χ3n) is 1.64. The number of aromatic nitrogens is 1. The number of carbonyl (C=O) groups is 1. The van der Waals surface area contributed by atoms with E-state index in [1.54, 1.807) is 12.3 Å². The van der Waals surface area contributed by atoms with Crippen LogP contribution in [0.25, 0.3) is 5.70 Å². The maximum Gasteiger partial charge on any atom is 0.357 e. The maximum absolute atomic E-state index is 11.2. The fourth-order valence-corrected chi connectivity index (χ4v) is 2.18. The second-order valence-electron chi connectivity index (χ2n) is 2.56. The largest absolute Gasteiger partial charge is 0.464 e. The Hall–Kier alpha value is -1.34. The van der Waals surface area contributed by atoms with E-state index >= 15 is 0 Å². The van der Waals surface area contributed by atoms with E-state index in [1.165, 1.54) is 18.4 Å². The molecule has 0 spiro atoms. The smallest absolute Gasteiger partial charge is 0.357 e. The van der Waals surface area contributed by atoms with Gasteiger partial charge in [-0.15, -0.1) is 11.3 Å². The number of esters is 1. The zero-order chi connectivity index (χ0) is 10.7. The number of nitrogens with one attached hydrogen (secondary N) is 1. The lowest BCUT2D eigenvalue weighted by Gasteiger charge is -2.10. The van der Waals surface area contributed by atoms with Gasteiger partial charge in [0.2, 0.25) is 0 Å². The molecule has 0 aromatic carbocycles. The summed E-state index contributed by atoms with van der Waals surface area (Å²) >= 11 is 2.58. The normalized spacial score (nSPS) is 15.0. The number of hydrogen-bond acceptors (Lipinski definition) is 7. The Kier molecular flexibility index (Phi) is 3.02. The van der Waals surface area contributed by atoms with Gasteiger partial charge in [0, 0.05) is 11.6 Å². The van der Waals surface area contributed by atoms with Gasteiger partial charge in [-0.3, -0.25) is 0 Å². The first-order valence-corrected chi connectivity index (χ1v) is 5.66. The van der Waals surface area contributed by atoms with E-state index in [4.69, 9.17) is 0 Å². The minimum atomic E-state index is -0.446. The minimum Gasteiger partial charge on any atom is -0.464 e. The average Bonchev–Trinajstić information content (AvgIpc) is 2.82. The van der Waals surface area contributed by atoms with E-state index < -0.39 is 5.97 Å². The molecule has 78 valence electrons. The Morgan fingerprint density at radius 1 is 1.60 bits per heavy atom. The summed E-state index contributed by atoms with van der Waals surface area (Å²) in [5, 5.41) is 2.69. The van der Waals surface area contributed by atoms with Gasteiger partial charge in [0.05, 0.1) is 24.9 Å². The summed E-state index contributed by atoms with van der Waals surface area (Å²) in [6.07, 6.45) is 3.33. The van der Waals surface area contributed by atoms with Crippen molar-refractivity contribution in [2.24, 2.45) is 4.40 Å². The lowest BCUT2D eigenvalue weighted by molar-refractivity contribution is -0.132. The monoisotopic (exact) mass is 241 g/mol. The maximum atomic E-state index is 11.2. The number of ether oxygens (including phenoxy) is 1. The molecule has 0 fully saturated rings. The van der Waals surface area contributed by atoms with E-state index in [1.807, 2.05) is 5.38 Å². The zero-order valence-corrected chi connectivity index (χ0v) is 9.39. The quantitative estimate of drug-likeness (QED) is 0.624. The molecule has 2 heterocycles. The highest BCUT2D eigenvalue weighted by atomic mass is 32.2. The van der Waals surface area contributed by atoms with Crippen LogP contribution in [0.3, 0.4) is 0 Å². The molecule has 0 bridgehead atoms. The molecular weight excluding hydrogens is 234 g/mol. The first kappa shape index (κ1) is 10.2. The van der Waals surface area contributed by atoms with Gasteiger partial charge in [-0.25, -0.2) is 9.78 Å². The molecule has 0 atom stereocenters. The molecule has 1 N–H and O–H groups in total. The predicted octanol–water partition coefficient (Wildman–Crippen LogP) is 1.26. The van der Waals surface area contributed by atoms with Crippen LogP contribution in [0.15, 0.2) is 22.1 Å². The number of rotatable bonds is 2. The van der Waals surface area contributed by atoms with Crippen LogP contribution in [0, 0.1) is 0 Å². The zero-order valence-electron chi connectivity index (χ0n) is 7.76. The van der Waals surface area contributed by atoms with Gasteiger partial charge in [-0.2, -0.15) is 4.40 Å². The Morgan fingerprint density at radius 2 is 2.47 bits per heavy atom. The standard InChI is InChI=1S/C8H7N3O2S2/c1-13-8(12)6-4-5(10-15-11-6)7-9-2-3-14-7/h2-4,10H,1H3. The summed E-state index contributed by atoms with van der Waals surface area (Å²) < 4.78 is 11.5. The molecular formula is C8H7N3O2S2. The van der Waals surface area contributed by atoms with Gasteiger partial charge < -0.3 is 9.46 Å². The van der Waals surface area contributed by atoms with Crippen molar-refractivity contribution >= 4 is 40.8 Å². The molecule has 15 heavy (non-hydrogen) atoms. The summed E-state index contributed by atoms with van der Waals surface area (Å²) in [5.74, 6) is -0.446. The fourth-order valence-electron chi connectivity index (χ4n) is 0.976. The molecule has 2 rings (SSSR count). The predicted molar refractivity (Wildman–Crippen MR) is 60.3 cm³/mol. The number of thiazole rings is 1. The van der Waals surface area contributed by atoms with Gasteiger partial charge >= 0.3 is 5.97 Å². The van der Waals surface area contributed by atoms with Crippen molar-refractivity contribution in [2.45, 2.75) is 0 Å². The van der Waals surface area contributed by atoms with Crippen LogP contribution in [-0.4, -0.2) is 23.8 Å². The molecule has 1 aliphatic heterocycles. The van der Waals surface area contributed by atoms with Crippen molar-refractivity contribution < 1.29 is 9.53 Å². The van der Waals surface area contributed by atoms with Crippen LogP contribution < -0.4 is 4.72 Å². The third-order valence-corrected chi connectivity index (χ3v) is 3.04. The van der Waals surface area contributed by atoms with Crippen molar-refractivity contribution in [1.29, 1.82) is 0 Å². The molecule has 0 saturated heterocycles. The summed E-state index contributed by atoms with van der Waals surface area (Å²) in [5.41, 5.74) is 1.05. The van der Waals surface area contributed by atoms with Crippen LogP contribution in [-0.2, 0) is 9.53 Å². The van der Waals surface area contributed by atoms with Crippen molar-refractivity contribution in [1.82, 2.24) is 9.71 Å². The number of carbonyl (C=O) groups excluding carboxylic acids is 1. The van der Waals surface area contributed by atoms with Crippen LogP contribution in [0.4, 0.5) is 0 Å². The summed E-state index contributed by atoms with van der Waals surface area (Å²) in [4.78, 5) is 15.4. The minimum absolute atomic E-state index is 0.284. The molecule has 0 radical (unpaired) electrons. The van der Waals surface area contributed by atoms with Crippen molar-refractivity contribution in [3.8, 4) is 0 Å². The SMILES string of the molecule is COC(=O)C1=NSNC(c2nccs2)=C1. The van der Waals surface area contributed by atoms with Crippen molar-refractivity contribution in [3.63, 3.8) is 0 Å². The molecule has 7 heteroatoms. The molecule has 1 aromatic rings. The summed E-state index contributed by atoms with van der Waals surface area (Å²) in [6, 6.07) is 0. The third kappa shape index (κ3) is 2.18. The van der Waals surface area contributed by atoms with Gasteiger partial charge in [0.1, 0.15) is 5.01 Å². The summed E-state index contributed by atoms with van der Waals surface area (Å²) in [7, 11) is 1.33. The Morgan fingerprint density at radius 3 is 3.13 bits per heavy atom. The highest BCUT2D eigenvalue weighted by molar-refractivity contribution is 7.96. The lowest BCUT2D eigenvalue weighted by atomic mass is 10.3. The van der Waals surface area contributed by atoms with Gasteiger partial charge in [0.25, 0.3) is 0 Å². The van der Waals surface area contributed by atoms with Gasteiger partial charge in [-0.1, -0.05) is 0 Å². The Labute approximate surface area is 94.5 Å². The molecule has 0 unspecified atom stereocenters. The molecule has 5 nitrogen and oxygen atoms in total. The van der Waals surface area contributed by atoms with Crippen LogP contribution in [0.5, 0.6) is 0 Å². The first-order valence-electron chi connectivity index (χ1n) is 4.01. The fraction of sp³-hybridized carbons (Fsp3) is 0.125. The van der Waals surface area contributed by atoms with E-state index in [0.717, 1.165) is 22.8 Å². The highest BCUT2D eigenvalue weighted by Gasteiger charge is 2.16. The van der Waals surface area contributed by atoms with E-state index in [2.05, 4.69) is 18.8 Å². The van der Waals surface area contributed by atoms with E-state index in [-0.39, 0.29) is 5.71 Å². The number of nitrogens with zero attached hydrogens (tertiary/aromatic N) is 2. The van der Waals surface area contributed by atoms with Crippen LogP contribution in [0.2, 0.25) is 0 Å². The molecule has 1 aromatic heterocycles. The average molecular weight is 241 g/mol. The van der Waals surface area contributed by atoms with E-state index in [0.29, 0.717) is 0 Å². The van der Waals surface area contributed by atoms with Crippen LogP contribution >= 0.6 is 23.5 Å². The molecule has 0 amide bonds. The highest BCUT2D eigenvalue weighted by Crippen LogP contribution is 2.21. The molecule has 1 aliphatic rings. The van der Waals surface area contributed by atoms with E-state index in [9.17, 15) is 4.79 Å². The second-order valence-corrected chi connectivity index (χ2v) is 4.02. The van der Waals surface area contributed by atoms with Crippen molar-refractivity contribution in [3.05, 3.63) is 22.7 Å². The Bertz CT molecular complexity index is 425. The van der Waals surface area contributed by atoms with Gasteiger partial charge in [0.15, 0.2) is 5.71 Å².